The van der Waals surface area contributed by atoms with Crippen molar-refractivity contribution >= 4 is 33.9 Å². The normalized spacial score (nSPS) is 12.3. The van der Waals surface area contributed by atoms with Crippen molar-refractivity contribution in [3.63, 3.8) is 0 Å². The van der Waals surface area contributed by atoms with E-state index in [9.17, 15) is 14.7 Å². The molecule has 4 aromatic rings. The SMILES string of the molecule is Cc1cccc2oc(N[C@@H](Cc3c[nH]c4ccccc34)C(=O)O)nc(=O)c12. The summed E-state index contributed by atoms with van der Waals surface area (Å²) in [6.45, 7) is 1.80. The summed E-state index contributed by atoms with van der Waals surface area (Å²) in [5.74, 6) is -1.06. The highest BCUT2D eigenvalue weighted by atomic mass is 16.4. The summed E-state index contributed by atoms with van der Waals surface area (Å²) < 4.78 is 5.62. The van der Waals surface area contributed by atoms with Gasteiger partial charge in [0, 0.05) is 23.5 Å². The van der Waals surface area contributed by atoms with E-state index < -0.39 is 17.6 Å². The molecule has 4 rings (SSSR count). The van der Waals surface area contributed by atoms with Gasteiger partial charge in [0.05, 0.1) is 5.39 Å². The van der Waals surface area contributed by atoms with Gasteiger partial charge in [-0.2, -0.15) is 4.98 Å². The Balaban J connectivity index is 1.67. The maximum Gasteiger partial charge on any atom is 0.326 e. The van der Waals surface area contributed by atoms with E-state index in [1.807, 2.05) is 24.3 Å². The molecule has 2 heterocycles. The van der Waals surface area contributed by atoms with Gasteiger partial charge in [0.2, 0.25) is 0 Å². The summed E-state index contributed by atoms with van der Waals surface area (Å²) in [7, 11) is 0. The maximum atomic E-state index is 12.3. The van der Waals surface area contributed by atoms with E-state index in [1.54, 1.807) is 31.3 Å². The van der Waals surface area contributed by atoms with Gasteiger partial charge in [-0.05, 0) is 30.2 Å². The number of rotatable bonds is 5. The summed E-state index contributed by atoms with van der Waals surface area (Å²) in [5.41, 5.74) is 2.46. The zero-order valence-corrected chi connectivity index (χ0v) is 14.5. The molecule has 0 spiro atoms. The van der Waals surface area contributed by atoms with E-state index >= 15 is 0 Å². The first-order valence-electron chi connectivity index (χ1n) is 8.48. The predicted molar refractivity (Wildman–Crippen MR) is 102 cm³/mol. The molecule has 3 N–H and O–H groups in total. The molecule has 0 fully saturated rings. The van der Waals surface area contributed by atoms with Crippen LogP contribution in [0.2, 0.25) is 0 Å². The van der Waals surface area contributed by atoms with Gasteiger partial charge in [-0.1, -0.05) is 30.3 Å². The van der Waals surface area contributed by atoms with Crippen molar-refractivity contribution in [2.75, 3.05) is 5.32 Å². The zero-order valence-electron chi connectivity index (χ0n) is 14.5. The summed E-state index contributed by atoms with van der Waals surface area (Å²) in [6.07, 6.45) is 1.99. The molecule has 2 aromatic carbocycles. The van der Waals surface area contributed by atoms with Crippen molar-refractivity contribution in [3.8, 4) is 0 Å². The third-order valence-electron chi connectivity index (χ3n) is 4.55. The van der Waals surface area contributed by atoms with Gasteiger partial charge in [0.1, 0.15) is 11.6 Å². The van der Waals surface area contributed by atoms with Crippen molar-refractivity contribution < 1.29 is 14.3 Å². The molecule has 7 heteroatoms. The minimum Gasteiger partial charge on any atom is -0.480 e. The molecule has 0 bridgehead atoms. The minimum atomic E-state index is -1.06. The zero-order chi connectivity index (χ0) is 19.0. The first-order chi connectivity index (χ1) is 13.0. The Labute approximate surface area is 153 Å². The van der Waals surface area contributed by atoms with Crippen molar-refractivity contribution in [2.24, 2.45) is 0 Å². The second-order valence-corrected chi connectivity index (χ2v) is 6.37. The summed E-state index contributed by atoms with van der Waals surface area (Å²) >= 11 is 0. The van der Waals surface area contributed by atoms with Crippen LogP contribution in [0.3, 0.4) is 0 Å². The number of carbonyl (C=O) groups is 1. The third kappa shape index (κ3) is 3.15. The largest absolute Gasteiger partial charge is 0.480 e. The molecule has 0 unspecified atom stereocenters. The van der Waals surface area contributed by atoms with E-state index in [-0.39, 0.29) is 12.4 Å². The molecule has 0 radical (unpaired) electrons. The number of carboxylic acids is 1. The Kier molecular flexibility index (Phi) is 4.12. The molecular formula is C20H17N3O4. The second kappa shape index (κ2) is 6.60. The lowest BCUT2D eigenvalue weighted by Crippen LogP contribution is -2.32. The monoisotopic (exact) mass is 363 g/mol. The van der Waals surface area contributed by atoms with Gasteiger partial charge in [0.15, 0.2) is 0 Å². The molecule has 0 saturated heterocycles. The molecule has 27 heavy (non-hydrogen) atoms. The maximum absolute atomic E-state index is 12.3. The van der Waals surface area contributed by atoms with Crippen LogP contribution in [0.25, 0.3) is 21.9 Å². The predicted octanol–water partition coefficient (Wildman–Crippen LogP) is 3.09. The molecule has 0 aliphatic carbocycles. The van der Waals surface area contributed by atoms with Crippen LogP contribution in [0.4, 0.5) is 6.01 Å². The van der Waals surface area contributed by atoms with Gasteiger partial charge in [-0.15, -0.1) is 0 Å². The number of fused-ring (bicyclic) bond motifs is 2. The van der Waals surface area contributed by atoms with Crippen LogP contribution in [-0.2, 0) is 11.2 Å². The Hall–Kier alpha value is -3.61. The number of aromatic amines is 1. The number of carboxylic acid groups (broad SMARTS) is 1. The fourth-order valence-electron chi connectivity index (χ4n) is 3.21. The van der Waals surface area contributed by atoms with Gasteiger partial charge in [-0.3, -0.25) is 4.79 Å². The fraction of sp³-hybridized carbons (Fsp3) is 0.150. The Morgan fingerprint density at radius 2 is 2.07 bits per heavy atom. The smallest absolute Gasteiger partial charge is 0.326 e. The van der Waals surface area contributed by atoms with Crippen molar-refractivity contribution in [2.45, 2.75) is 19.4 Å². The van der Waals surface area contributed by atoms with Crippen LogP contribution in [0.15, 0.2) is 57.9 Å². The van der Waals surface area contributed by atoms with Crippen LogP contribution in [0.1, 0.15) is 11.1 Å². The molecule has 0 aliphatic rings. The molecule has 0 saturated carbocycles. The Morgan fingerprint density at radius 1 is 1.26 bits per heavy atom. The highest BCUT2D eigenvalue weighted by molar-refractivity contribution is 5.85. The van der Waals surface area contributed by atoms with Gasteiger partial charge >= 0.3 is 5.97 Å². The lowest BCUT2D eigenvalue weighted by atomic mass is 10.1. The average molecular weight is 363 g/mol. The van der Waals surface area contributed by atoms with Gasteiger partial charge in [-0.25, -0.2) is 4.79 Å². The number of nitrogens with one attached hydrogen (secondary N) is 2. The molecule has 7 nitrogen and oxygen atoms in total. The van der Waals surface area contributed by atoms with Gasteiger partial charge < -0.3 is 19.8 Å². The van der Waals surface area contributed by atoms with Gasteiger partial charge in [0.25, 0.3) is 11.6 Å². The lowest BCUT2D eigenvalue weighted by molar-refractivity contribution is -0.137. The van der Waals surface area contributed by atoms with E-state index in [2.05, 4.69) is 15.3 Å². The number of benzene rings is 2. The summed E-state index contributed by atoms with van der Waals surface area (Å²) in [4.78, 5) is 31.0. The topological polar surface area (TPSA) is 108 Å². The van der Waals surface area contributed by atoms with Crippen molar-refractivity contribution in [1.29, 1.82) is 0 Å². The average Bonchev–Trinajstić information content (AvgIpc) is 3.04. The number of hydrogen-bond acceptors (Lipinski definition) is 5. The first kappa shape index (κ1) is 16.8. The van der Waals surface area contributed by atoms with E-state index in [0.29, 0.717) is 11.0 Å². The summed E-state index contributed by atoms with van der Waals surface area (Å²) in [6, 6.07) is 11.8. The first-order valence-corrected chi connectivity index (χ1v) is 8.48. The Morgan fingerprint density at radius 3 is 2.89 bits per heavy atom. The van der Waals surface area contributed by atoms with Crippen molar-refractivity contribution in [1.82, 2.24) is 9.97 Å². The molecule has 136 valence electrons. The highest BCUT2D eigenvalue weighted by Crippen LogP contribution is 2.21. The fourth-order valence-corrected chi connectivity index (χ4v) is 3.21. The highest BCUT2D eigenvalue weighted by Gasteiger charge is 2.22. The standard InChI is InChI=1S/C20H17N3O4/c1-11-5-4-8-16-17(11)18(24)23-20(27-16)22-15(19(25)26)9-12-10-21-14-7-3-2-6-13(12)14/h2-8,10,15,21H,9H2,1H3,(H,25,26)(H,22,23,24)/t15-/m0/s1. The second-order valence-electron chi connectivity index (χ2n) is 6.37. The minimum absolute atomic E-state index is 0.106. The number of nitrogens with zero attached hydrogens (tertiary/aromatic N) is 1. The van der Waals surface area contributed by atoms with Crippen LogP contribution in [0.5, 0.6) is 0 Å². The quantitative estimate of drug-likeness (QED) is 0.503. The van der Waals surface area contributed by atoms with Crippen LogP contribution in [0, 0.1) is 6.92 Å². The third-order valence-corrected chi connectivity index (χ3v) is 4.55. The van der Waals surface area contributed by atoms with Crippen LogP contribution < -0.4 is 10.9 Å². The van der Waals surface area contributed by atoms with E-state index in [4.69, 9.17) is 4.42 Å². The van der Waals surface area contributed by atoms with E-state index in [0.717, 1.165) is 22.0 Å². The Bertz CT molecular complexity index is 1210. The number of hydrogen-bond donors (Lipinski definition) is 3. The number of anilines is 1. The molecule has 2 aromatic heterocycles. The number of aliphatic carboxylic acids is 1. The summed E-state index contributed by atoms with van der Waals surface area (Å²) in [5, 5.41) is 13.7. The van der Waals surface area contributed by atoms with Crippen molar-refractivity contribution in [3.05, 3.63) is 70.1 Å². The molecule has 0 aliphatic heterocycles. The molecular weight excluding hydrogens is 346 g/mol. The number of para-hydroxylation sites is 1. The number of H-pyrrole nitrogens is 1. The van der Waals surface area contributed by atoms with Crippen LogP contribution >= 0.6 is 0 Å². The molecule has 0 amide bonds. The van der Waals surface area contributed by atoms with E-state index in [1.165, 1.54) is 0 Å². The number of aromatic nitrogens is 2. The lowest BCUT2D eigenvalue weighted by Gasteiger charge is -2.14. The van der Waals surface area contributed by atoms with Crippen LogP contribution in [-0.4, -0.2) is 27.1 Å². The molecule has 1 atom stereocenters. The number of aryl methyl sites for hydroxylation is 1.